The van der Waals surface area contributed by atoms with Gasteiger partial charge in [-0.05, 0) is 30.4 Å². The number of hydrogen-bond acceptors (Lipinski definition) is 4. The van der Waals surface area contributed by atoms with Crippen molar-refractivity contribution >= 4 is 11.8 Å². The molecule has 0 unspecified atom stereocenters. The fraction of sp³-hybridized carbons (Fsp3) is 0.353. The Morgan fingerprint density at radius 2 is 1.82 bits per heavy atom. The monoisotopic (exact) mass is 299 g/mol. The van der Waals surface area contributed by atoms with Crippen molar-refractivity contribution in [3.05, 3.63) is 40.6 Å². The molecule has 0 saturated carbocycles. The van der Waals surface area contributed by atoms with Gasteiger partial charge >= 0.3 is 5.97 Å². The smallest absolute Gasteiger partial charge is 0.341 e. The summed E-state index contributed by atoms with van der Waals surface area (Å²) in [6.07, 6.45) is 0. The van der Waals surface area contributed by atoms with Gasteiger partial charge in [0, 0.05) is 5.56 Å². The van der Waals surface area contributed by atoms with Gasteiger partial charge in [-0.25, -0.2) is 14.8 Å². The summed E-state index contributed by atoms with van der Waals surface area (Å²) in [7, 11) is 0. The summed E-state index contributed by atoms with van der Waals surface area (Å²) in [6, 6.07) is 6.11. The van der Waals surface area contributed by atoms with E-state index < -0.39 is 5.97 Å². The molecule has 0 bridgehead atoms. The van der Waals surface area contributed by atoms with E-state index in [-0.39, 0.29) is 16.8 Å². The zero-order valence-electron chi connectivity index (χ0n) is 13.6. The summed E-state index contributed by atoms with van der Waals surface area (Å²) in [5, 5.41) is 9.13. The van der Waals surface area contributed by atoms with Crippen LogP contribution in [0.4, 0.5) is 5.82 Å². The normalized spacial score (nSPS) is 11.5. The number of aryl methyl sites for hydroxylation is 2. The van der Waals surface area contributed by atoms with Crippen molar-refractivity contribution in [3.8, 4) is 11.4 Å². The molecule has 1 aromatic heterocycles. The second-order valence-electron chi connectivity index (χ2n) is 6.48. The van der Waals surface area contributed by atoms with E-state index >= 15 is 0 Å². The SMILES string of the molecule is Cc1cc(C(C)(C)C)ccc1-c1nc(C)c(C(=O)O)c(N)n1. The van der Waals surface area contributed by atoms with Gasteiger partial charge < -0.3 is 10.8 Å². The number of aromatic carboxylic acids is 1. The van der Waals surface area contributed by atoms with Crippen molar-refractivity contribution in [2.75, 3.05) is 5.73 Å². The van der Waals surface area contributed by atoms with Gasteiger partial charge in [0.05, 0.1) is 5.69 Å². The number of benzene rings is 1. The third-order valence-electron chi connectivity index (χ3n) is 3.67. The number of carboxylic acids is 1. The number of carboxylic acid groups (broad SMARTS) is 1. The Morgan fingerprint density at radius 1 is 1.18 bits per heavy atom. The molecule has 0 aliphatic carbocycles. The molecule has 1 aromatic carbocycles. The van der Waals surface area contributed by atoms with E-state index in [1.807, 2.05) is 19.1 Å². The predicted molar refractivity (Wildman–Crippen MR) is 87.0 cm³/mol. The highest BCUT2D eigenvalue weighted by atomic mass is 16.4. The highest BCUT2D eigenvalue weighted by Crippen LogP contribution is 2.29. The summed E-state index contributed by atoms with van der Waals surface area (Å²) in [5.74, 6) is -0.659. The predicted octanol–water partition coefficient (Wildman–Crippen LogP) is 3.34. The van der Waals surface area contributed by atoms with Crippen LogP contribution in [0.2, 0.25) is 0 Å². The lowest BCUT2D eigenvalue weighted by Crippen LogP contribution is -2.12. The topological polar surface area (TPSA) is 89.1 Å². The molecule has 2 aromatic rings. The summed E-state index contributed by atoms with van der Waals surface area (Å²) in [6.45, 7) is 10.1. The van der Waals surface area contributed by atoms with E-state index in [1.165, 1.54) is 5.56 Å². The minimum absolute atomic E-state index is 0.00528. The second-order valence-corrected chi connectivity index (χ2v) is 6.48. The molecule has 2 rings (SSSR count). The number of nitrogen functional groups attached to an aromatic ring is 1. The number of carbonyl (C=O) groups is 1. The van der Waals surface area contributed by atoms with Gasteiger partial charge in [-0.15, -0.1) is 0 Å². The van der Waals surface area contributed by atoms with Crippen LogP contribution in [0.25, 0.3) is 11.4 Å². The van der Waals surface area contributed by atoms with Crippen LogP contribution in [0, 0.1) is 13.8 Å². The molecule has 3 N–H and O–H groups in total. The molecule has 0 atom stereocenters. The summed E-state index contributed by atoms with van der Waals surface area (Å²) in [4.78, 5) is 19.6. The fourth-order valence-corrected chi connectivity index (χ4v) is 2.36. The first-order valence-electron chi connectivity index (χ1n) is 7.10. The lowest BCUT2D eigenvalue weighted by molar-refractivity contribution is 0.0696. The summed E-state index contributed by atoms with van der Waals surface area (Å²) < 4.78 is 0. The molecule has 0 fully saturated rings. The Hall–Kier alpha value is -2.43. The van der Waals surface area contributed by atoms with Crippen molar-refractivity contribution in [2.24, 2.45) is 0 Å². The highest BCUT2D eigenvalue weighted by molar-refractivity contribution is 5.94. The van der Waals surface area contributed by atoms with Gasteiger partial charge in [0.1, 0.15) is 11.4 Å². The van der Waals surface area contributed by atoms with Gasteiger partial charge in [-0.2, -0.15) is 0 Å². The minimum atomic E-state index is -1.11. The number of rotatable bonds is 2. The van der Waals surface area contributed by atoms with E-state index in [2.05, 4.69) is 36.8 Å². The summed E-state index contributed by atoms with van der Waals surface area (Å²) in [5.41, 5.74) is 9.29. The van der Waals surface area contributed by atoms with Crippen molar-refractivity contribution in [1.82, 2.24) is 9.97 Å². The van der Waals surface area contributed by atoms with Gasteiger partial charge in [0.15, 0.2) is 5.82 Å². The van der Waals surface area contributed by atoms with Crippen LogP contribution in [0.1, 0.15) is 48.0 Å². The molecular formula is C17H21N3O2. The van der Waals surface area contributed by atoms with Crippen molar-refractivity contribution in [3.63, 3.8) is 0 Å². The maximum absolute atomic E-state index is 11.2. The average molecular weight is 299 g/mol. The molecule has 0 amide bonds. The van der Waals surface area contributed by atoms with Crippen LogP contribution in [-0.2, 0) is 5.41 Å². The van der Waals surface area contributed by atoms with Crippen LogP contribution in [0.15, 0.2) is 18.2 Å². The highest BCUT2D eigenvalue weighted by Gasteiger charge is 2.19. The Bertz CT molecular complexity index is 723. The molecule has 22 heavy (non-hydrogen) atoms. The maximum Gasteiger partial charge on any atom is 0.341 e. The molecular weight excluding hydrogens is 278 g/mol. The van der Waals surface area contributed by atoms with Crippen molar-refractivity contribution < 1.29 is 9.90 Å². The van der Waals surface area contributed by atoms with Gasteiger partial charge in [0.25, 0.3) is 0 Å². The fourth-order valence-electron chi connectivity index (χ4n) is 2.36. The maximum atomic E-state index is 11.2. The molecule has 1 heterocycles. The first-order chi connectivity index (χ1) is 10.1. The lowest BCUT2D eigenvalue weighted by atomic mass is 9.85. The first kappa shape index (κ1) is 15.9. The Morgan fingerprint density at radius 3 is 2.27 bits per heavy atom. The Kier molecular flexibility index (Phi) is 3.92. The second kappa shape index (κ2) is 5.40. The number of hydrogen-bond donors (Lipinski definition) is 2. The Labute approximate surface area is 130 Å². The van der Waals surface area contributed by atoms with Gasteiger partial charge in [-0.3, -0.25) is 0 Å². The van der Waals surface area contributed by atoms with Crippen LogP contribution in [0.3, 0.4) is 0 Å². The van der Waals surface area contributed by atoms with E-state index in [4.69, 9.17) is 10.8 Å². The van der Waals surface area contributed by atoms with E-state index in [0.29, 0.717) is 11.5 Å². The molecule has 0 aliphatic heterocycles. The molecule has 5 nitrogen and oxygen atoms in total. The lowest BCUT2D eigenvalue weighted by Gasteiger charge is -2.20. The summed E-state index contributed by atoms with van der Waals surface area (Å²) >= 11 is 0. The van der Waals surface area contributed by atoms with E-state index in [1.54, 1.807) is 6.92 Å². The molecule has 5 heteroatoms. The third-order valence-corrected chi connectivity index (χ3v) is 3.67. The average Bonchev–Trinajstić information content (AvgIpc) is 2.35. The van der Waals surface area contributed by atoms with Crippen LogP contribution >= 0.6 is 0 Å². The molecule has 0 radical (unpaired) electrons. The molecule has 0 saturated heterocycles. The standard InChI is InChI=1S/C17H21N3O2/c1-9-8-11(17(3,4)5)6-7-12(9)15-19-10(2)13(16(21)22)14(18)20-15/h6-8H,1-5H3,(H,21,22)(H2,18,19,20). The quantitative estimate of drug-likeness (QED) is 0.887. The van der Waals surface area contributed by atoms with Gasteiger partial charge in [-0.1, -0.05) is 39.0 Å². The van der Waals surface area contributed by atoms with Crippen LogP contribution in [-0.4, -0.2) is 21.0 Å². The molecule has 0 spiro atoms. The van der Waals surface area contributed by atoms with Crippen molar-refractivity contribution in [2.45, 2.75) is 40.0 Å². The number of anilines is 1. The zero-order valence-corrected chi connectivity index (χ0v) is 13.6. The largest absolute Gasteiger partial charge is 0.477 e. The number of nitrogens with zero attached hydrogens (tertiary/aromatic N) is 2. The molecule has 116 valence electrons. The Balaban J connectivity index is 2.56. The number of aromatic nitrogens is 2. The van der Waals surface area contributed by atoms with Gasteiger partial charge in [0.2, 0.25) is 0 Å². The van der Waals surface area contributed by atoms with Crippen LogP contribution < -0.4 is 5.73 Å². The van der Waals surface area contributed by atoms with Crippen molar-refractivity contribution in [1.29, 1.82) is 0 Å². The minimum Gasteiger partial charge on any atom is -0.477 e. The van der Waals surface area contributed by atoms with E-state index in [0.717, 1.165) is 11.1 Å². The third kappa shape index (κ3) is 2.93. The van der Waals surface area contributed by atoms with E-state index in [9.17, 15) is 4.79 Å². The van der Waals surface area contributed by atoms with Crippen LogP contribution in [0.5, 0.6) is 0 Å². The first-order valence-corrected chi connectivity index (χ1v) is 7.10. The number of nitrogens with two attached hydrogens (primary N) is 1. The molecule has 0 aliphatic rings. The zero-order chi connectivity index (χ0) is 16.7.